The molecule has 0 fully saturated rings. The number of aromatic nitrogens is 4. The van der Waals surface area contributed by atoms with Gasteiger partial charge in [-0.1, -0.05) is 0 Å². The highest BCUT2D eigenvalue weighted by Gasteiger charge is 2.17. The van der Waals surface area contributed by atoms with Gasteiger partial charge in [-0.2, -0.15) is 5.10 Å². The number of nitrogens with one attached hydrogen (secondary N) is 1. The molecule has 20 heavy (non-hydrogen) atoms. The minimum atomic E-state index is -0.262. The molecular weight excluding hydrogens is 326 g/mol. The van der Waals surface area contributed by atoms with E-state index < -0.39 is 0 Å². The molecule has 0 aromatic carbocycles. The fraction of sp³-hybridized carbons (Fsp3) is 0.333. The summed E-state index contributed by atoms with van der Waals surface area (Å²) in [6.07, 6.45) is 4.18. The molecular formula is C12H12BrN5O2. The number of carbonyl (C=O) groups is 1. The van der Waals surface area contributed by atoms with E-state index in [1.807, 2.05) is 0 Å². The van der Waals surface area contributed by atoms with Crippen molar-refractivity contribution in [3.05, 3.63) is 34.5 Å². The first-order chi connectivity index (χ1) is 9.72. The van der Waals surface area contributed by atoms with Crippen molar-refractivity contribution in [1.82, 2.24) is 25.1 Å². The highest BCUT2D eigenvalue weighted by atomic mass is 79.9. The molecule has 0 atom stereocenters. The van der Waals surface area contributed by atoms with Crippen LogP contribution < -0.4 is 10.1 Å². The molecule has 1 aliphatic rings. The number of rotatable bonds is 3. The molecule has 0 unspecified atom stereocenters. The van der Waals surface area contributed by atoms with E-state index in [1.54, 1.807) is 23.1 Å². The van der Waals surface area contributed by atoms with Gasteiger partial charge in [0.1, 0.15) is 5.82 Å². The average Bonchev–Trinajstić information content (AvgIpc) is 2.90. The second-order valence-electron chi connectivity index (χ2n) is 4.29. The minimum Gasteiger partial charge on any atom is -0.478 e. The summed E-state index contributed by atoms with van der Waals surface area (Å²) in [5.74, 6) is 0.921. The second kappa shape index (κ2) is 5.58. The van der Waals surface area contributed by atoms with Crippen molar-refractivity contribution in [1.29, 1.82) is 0 Å². The average molecular weight is 338 g/mol. The number of ether oxygens (including phenoxy) is 1. The Balaban J connectivity index is 1.64. The van der Waals surface area contributed by atoms with Crippen LogP contribution in [0, 0.1) is 0 Å². The largest absolute Gasteiger partial charge is 0.478 e. The summed E-state index contributed by atoms with van der Waals surface area (Å²) in [6.45, 7) is 1.70. The van der Waals surface area contributed by atoms with Gasteiger partial charge in [-0.15, -0.1) is 0 Å². The van der Waals surface area contributed by atoms with Crippen molar-refractivity contribution in [2.24, 2.45) is 0 Å². The predicted molar refractivity (Wildman–Crippen MR) is 73.2 cm³/mol. The number of fused-ring (bicyclic) bond motifs is 1. The molecule has 7 nitrogen and oxygen atoms in total. The van der Waals surface area contributed by atoms with Gasteiger partial charge in [0, 0.05) is 31.4 Å². The summed E-state index contributed by atoms with van der Waals surface area (Å²) in [4.78, 5) is 20.2. The topological polar surface area (TPSA) is 81.9 Å². The SMILES string of the molecule is O=C(NCc1ncc(Br)cn1)c1cc2n(n1)CCCO2. The Labute approximate surface area is 123 Å². The first-order valence-electron chi connectivity index (χ1n) is 6.17. The van der Waals surface area contributed by atoms with Crippen LogP contribution in [0.1, 0.15) is 22.7 Å². The van der Waals surface area contributed by atoms with Crippen LogP contribution in [0.3, 0.4) is 0 Å². The fourth-order valence-electron chi connectivity index (χ4n) is 1.86. The number of aryl methyl sites for hydroxylation is 1. The van der Waals surface area contributed by atoms with Gasteiger partial charge in [0.2, 0.25) is 5.88 Å². The van der Waals surface area contributed by atoms with Crippen LogP contribution in [0.15, 0.2) is 22.9 Å². The van der Waals surface area contributed by atoms with Crippen molar-refractivity contribution >= 4 is 21.8 Å². The van der Waals surface area contributed by atoms with Crippen LogP contribution in [-0.2, 0) is 13.1 Å². The Morgan fingerprint density at radius 3 is 3.00 bits per heavy atom. The molecule has 0 saturated heterocycles. The Kier molecular flexibility index (Phi) is 3.64. The molecule has 3 heterocycles. The van der Waals surface area contributed by atoms with Crippen LogP contribution in [0.2, 0.25) is 0 Å². The first kappa shape index (κ1) is 13.0. The van der Waals surface area contributed by atoms with Gasteiger partial charge in [-0.05, 0) is 15.9 Å². The number of nitrogens with zero attached hydrogens (tertiary/aromatic N) is 4. The highest BCUT2D eigenvalue weighted by Crippen LogP contribution is 2.18. The Morgan fingerprint density at radius 2 is 2.25 bits per heavy atom. The summed E-state index contributed by atoms with van der Waals surface area (Å²) in [7, 11) is 0. The molecule has 8 heteroatoms. The zero-order valence-corrected chi connectivity index (χ0v) is 12.1. The van der Waals surface area contributed by atoms with E-state index >= 15 is 0 Å². The quantitative estimate of drug-likeness (QED) is 0.908. The van der Waals surface area contributed by atoms with Gasteiger partial charge in [0.15, 0.2) is 5.69 Å². The lowest BCUT2D eigenvalue weighted by atomic mass is 10.4. The van der Waals surface area contributed by atoms with Gasteiger partial charge in [0.25, 0.3) is 5.91 Å². The van der Waals surface area contributed by atoms with Crippen molar-refractivity contribution in [3.8, 4) is 5.88 Å². The number of halogens is 1. The zero-order chi connectivity index (χ0) is 13.9. The fourth-order valence-corrected chi connectivity index (χ4v) is 2.06. The molecule has 2 aromatic heterocycles. The maximum atomic E-state index is 12.0. The summed E-state index contributed by atoms with van der Waals surface area (Å²) < 4.78 is 7.92. The number of carbonyl (C=O) groups excluding carboxylic acids is 1. The van der Waals surface area contributed by atoms with E-state index in [4.69, 9.17) is 4.74 Å². The van der Waals surface area contributed by atoms with Gasteiger partial charge >= 0.3 is 0 Å². The van der Waals surface area contributed by atoms with E-state index in [1.165, 1.54) is 0 Å². The van der Waals surface area contributed by atoms with E-state index in [0.717, 1.165) is 17.4 Å². The van der Waals surface area contributed by atoms with Gasteiger partial charge in [-0.3, -0.25) is 4.79 Å². The molecule has 2 aromatic rings. The third kappa shape index (κ3) is 2.79. The number of hydrogen-bond donors (Lipinski definition) is 1. The number of hydrogen-bond acceptors (Lipinski definition) is 5. The molecule has 0 aliphatic carbocycles. The molecule has 1 amide bonds. The van der Waals surface area contributed by atoms with Crippen LogP contribution in [0.5, 0.6) is 5.88 Å². The van der Waals surface area contributed by atoms with E-state index in [0.29, 0.717) is 24.0 Å². The summed E-state index contributed by atoms with van der Waals surface area (Å²) in [5.41, 5.74) is 0.346. The van der Waals surface area contributed by atoms with Crippen molar-refractivity contribution < 1.29 is 9.53 Å². The van der Waals surface area contributed by atoms with Crippen molar-refractivity contribution in [2.75, 3.05) is 6.61 Å². The number of amides is 1. The van der Waals surface area contributed by atoms with Gasteiger partial charge < -0.3 is 10.1 Å². The molecule has 1 N–H and O–H groups in total. The Bertz CT molecular complexity index is 602. The lowest BCUT2D eigenvalue weighted by Gasteiger charge is -2.13. The van der Waals surface area contributed by atoms with E-state index in [9.17, 15) is 4.79 Å². The van der Waals surface area contributed by atoms with Crippen LogP contribution in [-0.4, -0.2) is 32.3 Å². The summed E-state index contributed by atoms with van der Waals surface area (Å²) in [6, 6.07) is 1.65. The molecule has 0 bridgehead atoms. The minimum absolute atomic E-state index is 0.259. The summed E-state index contributed by atoms with van der Waals surface area (Å²) in [5, 5.41) is 6.94. The Hall–Kier alpha value is -1.96. The van der Waals surface area contributed by atoms with Crippen LogP contribution in [0.25, 0.3) is 0 Å². The van der Waals surface area contributed by atoms with E-state index in [2.05, 4.69) is 36.3 Å². The van der Waals surface area contributed by atoms with Crippen LogP contribution >= 0.6 is 15.9 Å². The third-order valence-corrected chi connectivity index (χ3v) is 3.23. The lowest BCUT2D eigenvalue weighted by Crippen LogP contribution is -2.24. The predicted octanol–water partition coefficient (Wildman–Crippen LogP) is 1.15. The standard InChI is InChI=1S/C12H12BrN5O2/c13-8-5-14-10(15-6-8)7-16-12(19)9-4-11-18(17-9)2-1-3-20-11/h4-6H,1-3,7H2,(H,16,19). The maximum Gasteiger partial charge on any atom is 0.272 e. The zero-order valence-electron chi connectivity index (χ0n) is 10.5. The highest BCUT2D eigenvalue weighted by molar-refractivity contribution is 9.10. The second-order valence-corrected chi connectivity index (χ2v) is 5.21. The molecule has 1 aliphatic heterocycles. The normalized spacial score (nSPS) is 13.4. The maximum absolute atomic E-state index is 12.0. The Morgan fingerprint density at radius 1 is 1.45 bits per heavy atom. The van der Waals surface area contributed by atoms with Crippen LogP contribution in [0.4, 0.5) is 0 Å². The monoisotopic (exact) mass is 337 g/mol. The molecule has 0 saturated carbocycles. The molecule has 104 valence electrons. The van der Waals surface area contributed by atoms with Crippen molar-refractivity contribution in [3.63, 3.8) is 0 Å². The third-order valence-electron chi connectivity index (χ3n) is 2.82. The molecule has 0 radical (unpaired) electrons. The van der Waals surface area contributed by atoms with E-state index in [-0.39, 0.29) is 12.5 Å². The molecule has 3 rings (SSSR count). The molecule has 0 spiro atoms. The van der Waals surface area contributed by atoms with Crippen molar-refractivity contribution in [2.45, 2.75) is 19.5 Å². The smallest absolute Gasteiger partial charge is 0.272 e. The van der Waals surface area contributed by atoms with Gasteiger partial charge in [0.05, 0.1) is 17.6 Å². The lowest BCUT2D eigenvalue weighted by molar-refractivity contribution is 0.0944. The summed E-state index contributed by atoms with van der Waals surface area (Å²) >= 11 is 3.26. The first-order valence-corrected chi connectivity index (χ1v) is 6.97. The van der Waals surface area contributed by atoms with Gasteiger partial charge in [-0.25, -0.2) is 14.6 Å².